The van der Waals surface area contributed by atoms with Gasteiger partial charge >= 0.3 is 0 Å². The van der Waals surface area contributed by atoms with Crippen LogP contribution in [0.3, 0.4) is 0 Å². The predicted molar refractivity (Wildman–Crippen MR) is 147 cm³/mol. The first-order valence-corrected chi connectivity index (χ1v) is 15.1. The van der Waals surface area contributed by atoms with E-state index in [1.165, 1.54) is 10.6 Å². The Balaban J connectivity index is 1.59. The number of fused-ring (bicyclic) bond motifs is 1. The van der Waals surface area contributed by atoms with Crippen molar-refractivity contribution in [1.82, 2.24) is 20.0 Å². The highest BCUT2D eigenvalue weighted by Gasteiger charge is 2.33. The zero-order chi connectivity index (χ0) is 26.3. The molecule has 5 rings (SSSR count). The Kier molecular flexibility index (Phi) is 7.01. The first-order valence-electron chi connectivity index (χ1n) is 12.5. The highest BCUT2D eigenvalue weighted by molar-refractivity contribution is 9.10. The van der Waals surface area contributed by atoms with Crippen LogP contribution < -0.4 is 9.62 Å². The molecule has 1 saturated heterocycles. The molecule has 1 aliphatic carbocycles. The van der Waals surface area contributed by atoms with Crippen molar-refractivity contribution in [2.24, 2.45) is 0 Å². The van der Waals surface area contributed by atoms with E-state index in [2.05, 4.69) is 21.2 Å². The molecule has 0 bridgehead atoms. The molecule has 0 radical (unpaired) electrons. The lowest BCUT2D eigenvalue weighted by Gasteiger charge is -2.26. The maximum absolute atomic E-state index is 13.0. The number of nitrogens with zero attached hydrogens (tertiary/aromatic N) is 4. The highest BCUT2D eigenvalue weighted by atomic mass is 79.9. The van der Waals surface area contributed by atoms with Crippen molar-refractivity contribution in [3.8, 4) is 5.69 Å². The molecular formula is C26H30BrN5O4S. The van der Waals surface area contributed by atoms with Crippen LogP contribution in [0.4, 0.5) is 5.69 Å². The molecule has 37 heavy (non-hydrogen) atoms. The Morgan fingerprint density at radius 3 is 2.54 bits per heavy atom. The third-order valence-corrected chi connectivity index (χ3v) is 8.69. The van der Waals surface area contributed by atoms with Crippen LogP contribution in [0.2, 0.25) is 0 Å². The molecule has 2 heterocycles. The third kappa shape index (κ3) is 5.24. The summed E-state index contributed by atoms with van der Waals surface area (Å²) in [5.41, 5.74) is 3.20. The van der Waals surface area contributed by atoms with E-state index in [1.54, 1.807) is 22.7 Å². The van der Waals surface area contributed by atoms with Gasteiger partial charge in [-0.1, -0.05) is 15.9 Å². The smallest absolute Gasteiger partial charge is 0.270 e. The number of carbonyl (C=O) groups excluding carboxylic acids is 2. The van der Waals surface area contributed by atoms with E-state index in [0.717, 1.165) is 41.5 Å². The SMILES string of the molecule is CNC(=O)c1c2cc(C3CC3)c(N(CCCN3CCCC3=O)S(C)(=O)=O)cc2nn1-c1ccc(Br)cc1. The third-order valence-electron chi connectivity index (χ3n) is 6.98. The molecule has 2 amide bonds. The van der Waals surface area contributed by atoms with Gasteiger partial charge in [0.1, 0.15) is 5.69 Å². The van der Waals surface area contributed by atoms with Crippen LogP contribution in [0.15, 0.2) is 40.9 Å². The summed E-state index contributed by atoms with van der Waals surface area (Å²) >= 11 is 3.44. The van der Waals surface area contributed by atoms with Crippen LogP contribution >= 0.6 is 15.9 Å². The number of aromatic nitrogens is 2. The summed E-state index contributed by atoms with van der Waals surface area (Å²) in [7, 11) is -2.01. The number of amides is 2. The van der Waals surface area contributed by atoms with Crippen LogP contribution in [-0.4, -0.2) is 67.9 Å². The van der Waals surface area contributed by atoms with Gasteiger partial charge in [-0.25, -0.2) is 13.1 Å². The number of anilines is 1. The van der Waals surface area contributed by atoms with Gasteiger partial charge in [-0.2, -0.15) is 5.10 Å². The van der Waals surface area contributed by atoms with Crippen molar-refractivity contribution in [1.29, 1.82) is 0 Å². The maximum atomic E-state index is 13.0. The number of nitrogens with one attached hydrogen (secondary N) is 1. The van der Waals surface area contributed by atoms with Crippen LogP contribution in [0.25, 0.3) is 16.6 Å². The second kappa shape index (κ2) is 10.1. The Hall–Kier alpha value is -2.92. The number of halogens is 1. The number of sulfonamides is 1. The molecule has 0 spiro atoms. The second-order valence-electron chi connectivity index (χ2n) is 9.69. The van der Waals surface area contributed by atoms with Crippen molar-refractivity contribution in [2.45, 2.75) is 38.0 Å². The van der Waals surface area contributed by atoms with Crippen molar-refractivity contribution in [3.05, 3.63) is 52.1 Å². The van der Waals surface area contributed by atoms with Gasteiger partial charge in [0.15, 0.2) is 0 Å². The van der Waals surface area contributed by atoms with Gasteiger partial charge in [0.25, 0.3) is 5.91 Å². The summed E-state index contributed by atoms with van der Waals surface area (Å²) in [6, 6.07) is 11.2. The summed E-state index contributed by atoms with van der Waals surface area (Å²) in [6.07, 6.45) is 5.10. The summed E-state index contributed by atoms with van der Waals surface area (Å²) in [5, 5.41) is 8.15. The van der Waals surface area contributed by atoms with Gasteiger partial charge in [0.05, 0.1) is 23.1 Å². The molecule has 0 unspecified atom stereocenters. The van der Waals surface area contributed by atoms with Gasteiger partial charge < -0.3 is 10.2 Å². The fourth-order valence-corrected chi connectivity index (χ4v) is 6.23. The van der Waals surface area contributed by atoms with E-state index in [9.17, 15) is 18.0 Å². The molecule has 9 nitrogen and oxygen atoms in total. The van der Waals surface area contributed by atoms with Gasteiger partial charge in [-0.15, -0.1) is 0 Å². The molecule has 3 aromatic rings. The zero-order valence-corrected chi connectivity index (χ0v) is 23.3. The monoisotopic (exact) mass is 587 g/mol. The van der Waals surface area contributed by atoms with Gasteiger partial charge in [-0.05, 0) is 73.6 Å². The largest absolute Gasteiger partial charge is 0.354 e. The first-order chi connectivity index (χ1) is 17.7. The molecule has 2 aliphatic rings. The van der Waals surface area contributed by atoms with Crippen molar-refractivity contribution in [2.75, 3.05) is 37.2 Å². The van der Waals surface area contributed by atoms with E-state index in [4.69, 9.17) is 5.10 Å². The number of hydrogen-bond acceptors (Lipinski definition) is 5. The highest BCUT2D eigenvalue weighted by Crippen LogP contribution is 2.46. The number of likely N-dealkylation sites (tertiary alicyclic amines) is 1. The fourth-order valence-electron chi connectivity index (χ4n) is 4.99. The molecule has 196 valence electrons. The van der Waals surface area contributed by atoms with Gasteiger partial charge in [0.2, 0.25) is 15.9 Å². The average Bonchev–Trinajstić information content (AvgIpc) is 3.52. The van der Waals surface area contributed by atoms with Crippen LogP contribution in [0, 0.1) is 0 Å². The average molecular weight is 589 g/mol. The topological polar surface area (TPSA) is 105 Å². The molecular weight excluding hydrogens is 558 g/mol. The summed E-state index contributed by atoms with van der Waals surface area (Å²) < 4.78 is 29.9. The molecule has 2 fully saturated rings. The van der Waals surface area contributed by atoms with E-state index in [1.807, 2.05) is 30.3 Å². The number of benzene rings is 2. The van der Waals surface area contributed by atoms with Crippen LogP contribution in [0.5, 0.6) is 0 Å². The Morgan fingerprint density at radius 2 is 1.95 bits per heavy atom. The normalized spacial score (nSPS) is 16.0. The molecule has 0 atom stereocenters. The molecule has 1 N–H and O–H groups in total. The standard InChI is InChI=1S/C26H30BrN5O4S/c1-28-26(34)25-21-15-20(17-6-7-17)23(16-22(21)29-32(25)19-10-8-18(27)9-11-19)31(37(2,35)36)14-4-13-30-12-3-5-24(30)33/h8-11,15-17H,3-7,12-14H2,1-2H3,(H,28,34). The number of hydrogen-bond donors (Lipinski definition) is 1. The summed E-state index contributed by atoms with van der Waals surface area (Å²) in [6.45, 7) is 1.53. The van der Waals surface area contributed by atoms with Crippen LogP contribution in [-0.2, 0) is 14.8 Å². The molecule has 11 heteroatoms. The summed E-state index contributed by atoms with van der Waals surface area (Å²) in [4.78, 5) is 26.8. The van der Waals surface area contributed by atoms with E-state index in [-0.39, 0.29) is 24.3 Å². The maximum Gasteiger partial charge on any atom is 0.270 e. The van der Waals surface area contributed by atoms with E-state index < -0.39 is 10.0 Å². The lowest BCUT2D eigenvalue weighted by atomic mass is 10.0. The minimum atomic E-state index is -3.59. The molecule has 1 saturated carbocycles. The second-order valence-corrected chi connectivity index (χ2v) is 12.5. The Labute approximate surface area is 225 Å². The van der Waals surface area contributed by atoms with E-state index >= 15 is 0 Å². The van der Waals surface area contributed by atoms with Crippen molar-refractivity contribution >= 4 is 54.4 Å². The predicted octanol–water partition coefficient (Wildman–Crippen LogP) is 3.80. The number of carbonyl (C=O) groups is 2. The fraction of sp³-hybridized carbons (Fsp3) is 0.423. The minimum absolute atomic E-state index is 0.131. The molecule has 1 aliphatic heterocycles. The molecule has 2 aromatic carbocycles. The lowest BCUT2D eigenvalue weighted by Crippen LogP contribution is -2.34. The summed E-state index contributed by atoms with van der Waals surface area (Å²) in [5.74, 6) is 0.0961. The minimum Gasteiger partial charge on any atom is -0.354 e. The molecule has 1 aromatic heterocycles. The van der Waals surface area contributed by atoms with Crippen molar-refractivity contribution < 1.29 is 18.0 Å². The Bertz CT molecular complexity index is 1460. The number of rotatable bonds is 9. The lowest BCUT2D eigenvalue weighted by molar-refractivity contribution is -0.127. The van der Waals surface area contributed by atoms with Gasteiger partial charge in [0, 0.05) is 43.0 Å². The van der Waals surface area contributed by atoms with Gasteiger partial charge in [-0.3, -0.25) is 13.9 Å². The Morgan fingerprint density at radius 1 is 1.22 bits per heavy atom. The first kappa shape index (κ1) is 25.7. The quantitative estimate of drug-likeness (QED) is 0.410. The zero-order valence-electron chi connectivity index (χ0n) is 20.9. The van der Waals surface area contributed by atoms with E-state index in [0.29, 0.717) is 41.7 Å². The van der Waals surface area contributed by atoms with Crippen LogP contribution in [0.1, 0.15) is 54.1 Å². The van der Waals surface area contributed by atoms with Crippen molar-refractivity contribution in [3.63, 3.8) is 0 Å².